The SMILES string of the molecule is O=C(CCN1CCN(c2ccc(F)cc2)CC1)N1CCCC1. The number of benzene rings is 1. The Hall–Kier alpha value is -1.62. The van der Waals surface area contributed by atoms with Crippen LogP contribution < -0.4 is 4.90 Å². The van der Waals surface area contributed by atoms with Crippen LogP contribution >= 0.6 is 0 Å². The zero-order valence-electron chi connectivity index (χ0n) is 13.0. The standard InChI is InChI=1S/C17H24FN3O/c18-15-3-5-16(6-4-15)20-13-11-19(12-14-20)10-7-17(22)21-8-1-2-9-21/h3-6H,1-2,7-14H2. The van der Waals surface area contributed by atoms with Crippen LogP contribution in [-0.4, -0.2) is 61.5 Å². The molecule has 3 rings (SSSR count). The topological polar surface area (TPSA) is 26.8 Å². The second kappa shape index (κ2) is 7.09. The largest absolute Gasteiger partial charge is 0.369 e. The van der Waals surface area contributed by atoms with Gasteiger partial charge in [0.2, 0.25) is 5.91 Å². The molecule has 4 nitrogen and oxygen atoms in total. The molecule has 0 atom stereocenters. The molecule has 1 aromatic carbocycles. The molecule has 2 aliphatic rings. The van der Waals surface area contributed by atoms with Crippen molar-refractivity contribution in [3.63, 3.8) is 0 Å². The maximum absolute atomic E-state index is 13.0. The summed E-state index contributed by atoms with van der Waals surface area (Å²) in [5.74, 6) is 0.112. The highest BCUT2D eigenvalue weighted by atomic mass is 19.1. The van der Waals surface area contributed by atoms with E-state index in [2.05, 4.69) is 9.80 Å². The number of likely N-dealkylation sites (tertiary alicyclic amines) is 1. The molecule has 2 fully saturated rings. The van der Waals surface area contributed by atoms with E-state index in [9.17, 15) is 9.18 Å². The summed E-state index contributed by atoms with van der Waals surface area (Å²) >= 11 is 0. The summed E-state index contributed by atoms with van der Waals surface area (Å²) in [7, 11) is 0. The smallest absolute Gasteiger partial charge is 0.223 e. The fourth-order valence-electron chi connectivity index (χ4n) is 3.26. The first-order valence-electron chi connectivity index (χ1n) is 8.23. The molecular formula is C17H24FN3O. The molecule has 22 heavy (non-hydrogen) atoms. The van der Waals surface area contributed by atoms with E-state index in [-0.39, 0.29) is 5.82 Å². The second-order valence-corrected chi connectivity index (χ2v) is 6.14. The van der Waals surface area contributed by atoms with Crippen molar-refractivity contribution in [2.45, 2.75) is 19.3 Å². The van der Waals surface area contributed by atoms with Gasteiger partial charge in [-0.3, -0.25) is 9.69 Å². The minimum absolute atomic E-state index is 0.192. The molecule has 120 valence electrons. The van der Waals surface area contributed by atoms with Crippen LogP contribution in [-0.2, 0) is 4.79 Å². The third-order valence-electron chi connectivity index (χ3n) is 4.66. The monoisotopic (exact) mass is 305 g/mol. The number of piperazine rings is 1. The Kier molecular flexibility index (Phi) is 4.93. The number of hydrogen-bond donors (Lipinski definition) is 0. The fraction of sp³-hybridized carbons (Fsp3) is 0.588. The summed E-state index contributed by atoms with van der Waals surface area (Å²) in [6.07, 6.45) is 2.95. The highest BCUT2D eigenvalue weighted by molar-refractivity contribution is 5.76. The Labute approximate surface area is 131 Å². The van der Waals surface area contributed by atoms with Crippen molar-refractivity contribution >= 4 is 11.6 Å². The number of nitrogens with zero attached hydrogens (tertiary/aromatic N) is 3. The van der Waals surface area contributed by atoms with Crippen LogP contribution in [0.2, 0.25) is 0 Å². The molecular weight excluding hydrogens is 281 g/mol. The van der Waals surface area contributed by atoms with Gasteiger partial charge in [0.25, 0.3) is 0 Å². The molecule has 2 heterocycles. The average Bonchev–Trinajstić information content (AvgIpc) is 3.08. The van der Waals surface area contributed by atoms with E-state index in [0.29, 0.717) is 12.3 Å². The van der Waals surface area contributed by atoms with Crippen LogP contribution in [0.5, 0.6) is 0 Å². The van der Waals surface area contributed by atoms with E-state index in [1.807, 2.05) is 17.0 Å². The molecule has 0 bridgehead atoms. The minimum Gasteiger partial charge on any atom is -0.369 e. The molecule has 0 unspecified atom stereocenters. The highest BCUT2D eigenvalue weighted by Crippen LogP contribution is 2.17. The van der Waals surface area contributed by atoms with Gasteiger partial charge in [-0.1, -0.05) is 0 Å². The fourth-order valence-corrected chi connectivity index (χ4v) is 3.26. The van der Waals surface area contributed by atoms with Crippen molar-refractivity contribution in [2.75, 3.05) is 50.7 Å². The van der Waals surface area contributed by atoms with E-state index in [0.717, 1.165) is 64.3 Å². The number of halogens is 1. The first-order valence-corrected chi connectivity index (χ1v) is 8.23. The van der Waals surface area contributed by atoms with Crippen molar-refractivity contribution < 1.29 is 9.18 Å². The Morgan fingerprint density at radius 3 is 2.23 bits per heavy atom. The van der Waals surface area contributed by atoms with E-state index in [4.69, 9.17) is 0 Å². The maximum Gasteiger partial charge on any atom is 0.223 e. The lowest BCUT2D eigenvalue weighted by Gasteiger charge is -2.36. The van der Waals surface area contributed by atoms with Gasteiger partial charge in [-0.15, -0.1) is 0 Å². The van der Waals surface area contributed by atoms with Crippen LogP contribution in [0.25, 0.3) is 0 Å². The van der Waals surface area contributed by atoms with Crippen LogP contribution in [0, 0.1) is 5.82 Å². The summed E-state index contributed by atoms with van der Waals surface area (Å²) in [4.78, 5) is 18.7. The van der Waals surface area contributed by atoms with Crippen molar-refractivity contribution in [1.29, 1.82) is 0 Å². The lowest BCUT2D eigenvalue weighted by molar-refractivity contribution is -0.130. The van der Waals surface area contributed by atoms with Crippen molar-refractivity contribution in [2.24, 2.45) is 0 Å². The van der Waals surface area contributed by atoms with Crippen LogP contribution in [0.4, 0.5) is 10.1 Å². The Bertz CT molecular complexity index is 491. The van der Waals surface area contributed by atoms with Crippen LogP contribution in [0.3, 0.4) is 0 Å². The van der Waals surface area contributed by atoms with E-state index in [1.165, 1.54) is 12.1 Å². The van der Waals surface area contributed by atoms with Gasteiger partial charge in [0.1, 0.15) is 5.82 Å². The average molecular weight is 305 g/mol. The Morgan fingerprint density at radius 1 is 0.955 bits per heavy atom. The molecule has 0 aliphatic carbocycles. The molecule has 1 amide bonds. The summed E-state index contributed by atoms with van der Waals surface area (Å²) in [6, 6.07) is 6.69. The number of anilines is 1. The third-order valence-corrected chi connectivity index (χ3v) is 4.66. The zero-order valence-corrected chi connectivity index (χ0v) is 13.0. The summed E-state index contributed by atoms with van der Waals surface area (Å²) in [6.45, 7) is 6.53. The third kappa shape index (κ3) is 3.77. The molecule has 0 aromatic heterocycles. The summed E-state index contributed by atoms with van der Waals surface area (Å²) in [5.41, 5.74) is 1.08. The predicted octanol–water partition coefficient (Wildman–Crippen LogP) is 1.96. The quantitative estimate of drug-likeness (QED) is 0.851. The molecule has 2 aliphatic heterocycles. The Morgan fingerprint density at radius 2 is 1.59 bits per heavy atom. The number of rotatable bonds is 4. The van der Waals surface area contributed by atoms with Gasteiger partial charge in [-0.25, -0.2) is 4.39 Å². The molecule has 0 saturated carbocycles. The first kappa shape index (κ1) is 15.3. The highest BCUT2D eigenvalue weighted by Gasteiger charge is 2.21. The summed E-state index contributed by atoms with van der Waals surface area (Å²) in [5, 5.41) is 0. The lowest BCUT2D eigenvalue weighted by Crippen LogP contribution is -2.47. The molecule has 5 heteroatoms. The van der Waals surface area contributed by atoms with E-state index in [1.54, 1.807) is 0 Å². The number of amides is 1. The minimum atomic E-state index is -0.192. The first-order chi connectivity index (χ1) is 10.7. The van der Waals surface area contributed by atoms with Gasteiger partial charge in [0.15, 0.2) is 0 Å². The zero-order chi connectivity index (χ0) is 15.4. The van der Waals surface area contributed by atoms with E-state index >= 15 is 0 Å². The van der Waals surface area contributed by atoms with Crippen molar-refractivity contribution in [3.05, 3.63) is 30.1 Å². The molecule has 0 N–H and O–H groups in total. The van der Waals surface area contributed by atoms with Gasteiger partial charge in [-0.05, 0) is 37.1 Å². The predicted molar refractivity (Wildman–Crippen MR) is 85.5 cm³/mol. The number of carbonyl (C=O) groups excluding carboxylic acids is 1. The molecule has 2 saturated heterocycles. The maximum atomic E-state index is 13.0. The number of hydrogen-bond acceptors (Lipinski definition) is 3. The van der Waals surface area contributed by atoms with Gasteiger partial charge < -0.3 is 9.80 Å². The van der Waals surface area contributed by atoms with Crippen LogP contribution in [0.1, 0.15) is 19.3 Å². The second-order valence-electron chi connectivity index (χ2n) is 6.14. The Balaban J connectivity index is 1.41. The molecule has 1 aromatic rings. The van der Waals surface area contributed by atoms with E-state index < -0.39 is 0 Å². The lowest BCUT2D eigenvalue weighted by atomic mass is 10.2. The van der Waals surface area contributed by atoms with Gasteiger partial charge >= 0.3 is 0 Å². The molecule has 0 radical (unpaired) electrons. The normalized spacial score (nSPS) is 19.7. The number of carbonyl (C=O) groups is 1. The van der Waals surface area contributed by atoms with Gasteiger partial charge in [-0.2, -0.15) is 0 Å². The van der Waals surface area contributed by atoms with Gasteiger partial charge in [0.05, 0.1) is 0 Å². The van der Waals surface area contributed by atoms with Gasteiger partial charge in [0, 0.05) is 57.9 Å². The molecule has 0 spiro atoms. The van der Waals surface area contributed by atoms with Crippen molar-refractivity contribution in [3.8, 4) is 0 Å². The van der Waals surface area contributed by atoms with Crippen molar-refractivity contribution in [1.82, 2.24) is 9.80 Å². The van der Waals surface area contributed by atoms with Crippen LogP contribution in [0.15, 0.2) is 24.3 Å². The summed E-state index contributed by atoms with van der Waals surface area (Å²) < 4.78 is 13.0.